The first-order valence-corrected chi connectivity index (χ1v) is 12.5. The van der Waals surface area contributed by atoms with Gasteiger partial charge in [-0.05, 0) is 43.3 Å². The second kappa shape index (κ2) is 11.1. The summed E-state index contributed by atoms with van der Waals surface area (Å²) in [6.07, 6.45) is 0.811. The van der Waals surface area contributed by atoms with Crippen LogP contribution in [-0.2, 0) is 4.79 Å². The van der Waals surface area contributed by atoms with Crippen molar-refractivity contribution in [2.24, 2.45) is 0 Å². The molecule has 0 atom stereocenters. The Balaban J connectivity index is 1.27. The first-order valence-electron chi connectivity index (χ1n) is 11.3. The minimum Gasteiger partial charge on any atom is -0.340 e. The van der Waals surface area contributed by atoms with E-state index in [4.69, 9.17) is 11.6 Å². The normalized spacial score (nSPS) is 14.2. The molecular weight excluding hydrogens is 493 g/mol. The lowest BCUT2D eigenvalue weighted by Crippen LogP contribution is -2.48. The summed E-state index contributed by atoms with van der Waals surface area (Å²) in [4.78, 5) is 39.1. The molecule has 0 saturated carbocycles. The van der Waals surface area contributed by atoms with E-state index in [9.17, 15) is 14.0 Å². The number of hydrogen-bond acceptors (Lipinski definition) is 7. The minimum atomic E-state index is -0.441. The van der Waals surface area contributed by atoms with Crippen molar-refractivity contribution < 1.29 is 14.0 Å². The highest BCUT2D eigenvalue weighted by Crippen LogP contribution is 2.30. The van der Waals surface area contributed by atoms with Crippen LogP contribution < -0.4 is 15.5 Å². The van der Waals surface area contributed by atoms with Gasteiger partial charge in [0, 0.05) is 51.7 Å². The zero-order valence-electron chi connectivity index (χ0n) is 19.6. The van der Waals surface area contributed by atoms with E-state index in [1.807, 2.05) is 4.90 Å². The second-order valence-corrected chi connectivity index (χ2v) is 9.66. The number of hydrogen-bond donors (Lipinski definition) is 2. The molecule has 3 aromatic rings. The Hall–Kier alpha value is -3.02. The summed E-state index contributed by atoms with van der Waals surface area (Å²) in [6.45, 7) is 6.20. The van der Waals surface area contributed by atoms with Crippen LogP contribution in [0.4, 0.5) is 25.8 Å². The van der Waals surface area contributed by atoms with E-state index in [-0.39, 0.29) is 11.9 Å². The van der Waals surface area contributed by atoms with E-state index in [0.717, 1.165) is 39.1 Å². The molecule has 9 nitrogen and oxygen atoms in total. The molecule has 0 bridgehead atoms. The number of anilines is 3. The summed E-state index contributed by atoms with van der Waals surface area (Å²) in [5.41, 5.74) is 0.993. The Bertz CT molecular complexity index is 1220. The zero-order chi connectivity index (χ0) is 24.9. The molecule has 1 aliphatic heterocycles. The number of pyridine rings is 1. The van der Waals surface area contributed by atoms with Crippen molar-refractivity contribution in [3.63, 3.8) is 0 Å². The predicted octanol–water partition coefficient (Wildman–Crippen LogP) is 3.93. The topological polar surface area (TPSA) is 93.7 Å². The van der Waals surface area contributed by atoms with Crippen LogP contribution in [0.25, 0.3) is 10.3 Å². The highest BCUT2D eigenvalue weighted by atomic mass is 35.5. The largest absolute Gasteiger partial charge is 0.340 e. The fraction of sp³-hybridized carbons (Fsp3) is 0.391. The summed E-state index contributed by atoms with van der Waals surface area (Å²) in [5.74, 6) is 0.220. The molecule has 0 unspecified atom stereocenters. The molecule has 2 aromatic heterocycles. The number of urea groups is 1. The van der Waals surface area contributed by atoms with Gasteiger partial charge < -0.3 is 15.1 Å². The van der Waals surface area contributed by atoms with Crippen molar-refractivity contribution in [2.75, 3.05) is 56.5 Å². The van der Waals surface area contributed by atoms with Crippen LogP contribution in [0.5, 0.6) is 0 Å². The van der Waals surface area contributed by atoms with E-state index < -0.39 is 5.82 Å². The van der Waals surface area contributed by atoms with Gasteiger partial charge in [-0.15, -0.1) is 0 Å². The Morgan fingerprint density at radius 2 is 1.94 bits per heavy atom. The van der Waals surface area contributed by atoms with Crippen LogP contribution >= 0.6 is 22.9 Å². The van der Waals surface area contributed by atoms with E-state index in [1.54, 1.807) is 43.1 Å². The van der Waals surface area contributed by atoms with Crippen LogP contribution in [0.3, 0.4) is 0 Å². The maximum absolute atomic E-state index is 14.3. The fourth-order valence-electron chi connectivity index (χ4n) is 3.86. The van der Waals surface area contributed by atoms with Gasteiger partial charge in [0.05, 0.1) is 5.69 Å². The predicted molar refractivity (Wildman–Crippen MR) is 137 cm³/mol. The lowest BCUT2D eigenvalue weighted by Gasteiger charge is -2.34. The molecule has 0 aliphatic carbocycles. The van der Waals surface area contributed by atoms with E-state index in [2.05, 4.69) is 25.5 Å². The summed E-state index contributed by atoms with van der Waals surface area (Å²) in [5, 5.41) is 6.36. The average Bonchev–Trinajstić information content (AvgIpc) is 3.23. The van der Waals surface area contributed by atoms with Gasteiger partial charge in [0.1, 0.15) is 22.0 Å². The number of rotatable bonds is 7. The highest BCUT2D eigenvalue weighted by molar-refractivity contribution is 7.22. The number of thiazole rings is 1. The molecule has 4 rings (SSSR count). The molecule has 1 saturated heterocycles. The standard InChI is InChI=1S/C23H27ClFN7O2S/c1-15(33)32-12-10-31(11-13-32)9-3-8-26-22(34)29-23-27-18-5-7-20(28-21(18)35-23)30(2)19-6-4-16(24)14-17(19)25/h4-7,14H,3,8-13H2,1-2H3,(H2,26,27,29,34). The Morgan fingerprint density at radius 3 is 2.66 bits per heavy atom. The number of nitrogens with zero attached hydrogens (tertiary/aromatic N) is 5. The average molecular weight is 520 g/mol. The monoisotopic (exact) mass is 519 g/mol. The number of halogens is 2. The summed E-state index contributed by atoms with van der Waals surface area (Å²) >= 11 is 7.09. The van der Waals surface area contributed by atoms with Gasteiger partial charge in [0.25, 0.3) is 0 Å². The molecule has 35 heavy (non-hydrogen) atoms. The van der Waals surface area contributed by atoms with Crippen molar-refractivity contribution >= 4 is 61.9 Å². The molecular formula is C23H27ClFN7O2S. The summed E-state index contributed by atoms with van der Waals surface area (Å²) < 4.78 is 14.3. The lowest BCUT2D eigenvalue weighted by molar-refractivity contribution is -0.130. The molecule has 1 aliphatic rings. The number of benzene rings is 1. The molecule has 3 heterocycles. The number of amides is 3. The molecule has 3 amide bonds. The van der Waals surface area contributed by atoms with E-state index >= 15 is 0 Å². The quantitative estimate of drug-likeness (QED) is 0.459. The summed E-state index contributed by atoms with van der Waals surface area (Å²) in [6, 6.07) is 7.68. The van der Waals surface area contributed by atoms with Gasteiger partial charge in [-0.2, -0.15) is 0 Å². The van der Waals surface area contributed by atoms with Gasteiger partial charge in [0.2, 0.25) is 5.91 Å². The third-order valence-corrected chi connectivity index (χ3v) is 6.95. The first-order chi connectivity index (χ1) is 16.8. The molecule has 1 aromatic carbocycles. The number of carbonyl (C=O) groups is 2. The third kappa shape index (κ3) is 6.36. The summed E-state index contributed by atoms with van der Waals surface area (Å²) in [7, 11) is 1.72. The Kier molecular flexibility index (Phi) is 7.99. The van der Waals surface area contributed by atoms with E-state index in [0.29, 0.717) is 38.6 Å². The van der Waals surface area contributed by atoms with Crippen molar-refractivity contribution in [1.82, 2.24) is 25.1 Å². The Labute approximate surface area is 211 Å². The molecule has 186 valence electrons. The maximum atomic E-state index is 14.3. The maximum Gasteiger partial charge on any atom is 0.321 e. The second-order valence-electron chi connectivity index (χ2n) is 8.25. The molecule has 1 fully saturated rings. The minimum absolute atomic E-state index is 0.117. The van der Waals surface area contributed by atoms with Crippen molar-refractivity contribution in [3.8, 4) is 0 Å². The van der Waals surface area contributed by atoms with Gasteiger partial charge in [-0.3, -0.25) is 15.0 Å². The zero-order valence-corrected chi connectivity index (χ0v) is 21.1. The van der Waals surface area contributed by atoms with Gasteiger partial charge in [-0.25, -0.2) is 19.2 Å². The molecule has 0 spiro atoms. The van der Waals surface area contributed by atoms with Gasteiger partial charge in [0.15, 0.2) is 5.13 Å². The van der Waals surface area contributed by atoms with Crippen molar-refractivity contribution in [3.05, 3.63) is 41.2 Å². The molecule has 0 radical (unpaired) electrons. The number of piperazine rings is 1. The van der Waals surface area contributed by atoms with Crippen LogP contribution in [0, 0.1) is 5.82 Å². The SMILES string of the molecule is CC(=O)N1CCN(CCCNC(=O)Nc2nc3ccc(N(C)c4ccc(Cl)cc4F)nc3s2)CC1. The van der Waals surface area contributed by atoms with Gasteiger partial charge >= 0.3 is 6.03 Å². The third-order valence-electron chi connectivity index (χ3n) is 5.83. The number of aromatic nitrogens is 2. The van der Waals surface area contributed by atoms with Crippen LogP contribution in [0.15, 0.2) is 30.3 Å². The first kappa shape index (κ1) is 25.1. The highest BCUT2D eigenvalue weighted by Gasteiger charge is 2.18. The van der Waals surface area contributed by atoms with Crippen molar-refractivity contribution in [1.29, 1.82) is 0 Å². The lowest BCUT2D eigenvalue weighted by atomic mass is 10.2. The Morgan fingerprint density at radius 1 is 1.17 bits per heavy atom. The number of nitrogens with one attached hydrogen (secondary N) is 2. The fourth-order valence-corrected chi connectivity index (χ4v) is 4.84. The van der Waals surface area contributed by atoms with Crippen LogP contribution in [0.2, 0.25) is 5.02 Å². The number of carbonyl (C=O) groups excluding carboxylic acids is 2. The van der Waals surface area contributed by atoms with Gasteiger partial charge in [-0.1, -0.05) is 22.9 Å². The van der Waals surface area contributed by atoms with Crippen LogP contribution in [-0.4, -0.2) is 78.0 Å². The smallest absolute Gasteiger partial charge is 0.321 e. The van der Waals surface area contributed by atoms with E-state index in [1.165, 1.54) is 17.4 Å². The molecule has 2 N–H and O–H groups in total. The molecule has 12 heteroatoms. The van der Waals surface area contributed by atoms with Crippen molar-refractivity contribution in [2.45, 2.75) is 13.3 Å². The number of fused-ring (bicyclic) bond motifs is 1. The van der Waals surface area contributed by atoms with Crippen LogP contribution in [0.1, 0.15) is 13.3 Å².